The lowest BCUT2D eigenvalue weighted by Gasteiger charge is -2.12. The maximum Gasteiger partial charge on any atom is 0.240 e. The minimum atomic E-state index is -3.69. The van der Waals surface area contributed by atoms with Crippen LogP contribution in [0.2, 0.25) is 0 Å². The Morgan fingerprint density at radius 2 is 1.45 bits per heavy atom. The minimum absolute atomic E-state index is 0. The quantitative estimate of drug-likeness (QED) is 0.652. The van der Waals surface area contributed by atoms with Crippen LogP contribution in [0.5, 0.6) is 0 Å². The van der Waals surface area contributed by atoms with Gasteiger partial charge in [0.15, 0.2) is 0 Å². The van der Waals surface area contributed by atoms with Gasteiger partial charge < -0.3 is 5.73 Å². The van der Waals surface area contributed by atoms with E-state index in [1.54, 1.807) is 6.92 Å². The zero-order chi connectivity index (χ0) is 14.7. The van der Waals surface area contributed by atoms with E-state index in [2.05, 4.69) is 9.44 Å². The molecule has 1 atom stereocenters. The molecule has 116 valence electrons. The zero-order valence-corrected chi connectivity index (χ0v) is 13.5. The predicted octanol–water partition coefficient (Wildman–Crippen LogP) is -0.358. The molecule has 0 radical (unpaired) electrons. The highest BCUT2D eigenvalue weighted by atomic mass is 35.5. The molecular formula is C10H18ClN3O4S2. The second-order valence-corrected chi connectivity index (χ2v) is 7.54. The summed E-state index contributed by atoms with van der Waals surface area (Å²) in [6, 6.07) is 4.53. The van der Waals surface area contributed by atoms with E-state index >= 15 is 0 Å². The van der Waals surface area contributed by atoms with Crippen LogP contribution in [-0.2, 0) is 20.0 Å². The van der Waals surface area contributed by atoms with Crippen LogP contribution in [0.4, 0.5) is 0 Å². The van der Waals surface area contributed by atoms with Crippen molar-refractivity contribution in [3.8, 4) is 0 Å². The fraction of sp³-hybridized carbons (Fsp3) is 0.400. The topological polar surface area (TPSA) is 118 Å². The van der Waals surface area contributed by atoms with E-state index in [9.17, 15) is 16.8 Å². The predicted molar refractivity (Wildman–Crippen MR) is 78.8 cm³/mol. The van der Waals surface area contributed by atoms with E-state index < -0.39 is 26.1 Å². The van der Waals surface area contributed by atoms with Crippen LogP contribution in [0.3, 0.4) is 0 Å². The first-order valence-electron chi connectivity index (χ1n) is 5.49. The molecule has 0 saturated carbocycles. The highest BCUT2D eigenvalue weighted by Crippen LogP contribution is 2.14. The van der Waals surface area contributed by atoms with Gasteiger partial charge in [-0.1, -0.05) is 0 Å². The summed E-state index contributed by atoms with van der Waals surface area (Å²) in [5.41, 5.74) is 5.34. The molecule has 4 N–H and O–H groups in total. The lowest BCUT2D eigenvalue weighted by molar-refractivity contribution is 0.562. The molecule has 1 aromatic rings. The van der Waals surface area contributed by atoms with Crippen LogP contribution in [0.1, 0.15) is 6.92 Å². The Kier molecular flexibility index (Phi) is 7.08. The number of hydrogen-bond donors (Lipinski definition) is 3. The van der Waals surface area contributed by atoms with Crippen LogP contribution >= 0.6 is 12.4 Å². The molecule has 1 rings (SSSR count). The first kappa shape index (κ1) is 19.3. The van der Waals surface area contributed by atoms with E-state index in [4.69, 9.17) is 5.73 Å². The summed E-state index contributed by atoms with van der Waals surface area (Å²) in [4.78, 5) is -0.0105. The summed E-state index contributed by atoms with van der Waals surface area (Å²) in [6.45, 7) is 1.81. The van der Waals surface area contributed by atoms with Gasteiger partial charge in [0.05, 0.1) is 9.79 Å². The molecule has 0 saturated heterocycles. The first-order valence-corrected chi connectivity index (χ1v) is 8.45. The van der Waals surface area contributed by atoms with Gasteiger partial charge in [0.2, 0.25) is 20.0 Å². The Morgan fingerprint density at radius 1 is 1.05 bits per heavy atom. The Balaban J connectivity index is 0.00000361. The van der Waals surface area contributed by atoms with Crippen molar-refractivity contribution in [3.05, 3.63) is 24.3 Å². The highest BCUT2D eigenvalue weighted by Gasteiger charge is 2.18. The van der Waals surface area contributed by atoms with Crippen molar-refractivity contribution in [3.63, 3.8) is 0 Å². The molecule has 0 aromatic heterocycles. The summed E-state index contributed by atoms with van der Waals surface area (Å²) >= 11 is 0. The van der Waals surface area contributed by atoms with Crippen molar-refractivity contribution < 1.29 is 16.8 Å². The Morgan fingerprint density at radius 3 is 1.80 bits per heavy atom. The number of benzene rings is 1. The van der Waals surface area contributed by atoms with E-state index in [1.165, 1.54) is 31.3 Å². The molecule has 20 heavy (non-hydrogen) atoms. The lowest BCUT2D eigenvalue weighted by atomic mass is 10.4. The van der Waals surface area contributed by atoms with Gasteiger partial charge in [-0.25, -0.2) is 26.3 Å². The molecule has 0 spiro atoms. The third kappa shape index (κ3) is 4.69. The fourth-order valence-electron chi connectivity index (χ4n) is 1.30. The zero-order valence-electron chi connectivity index (χ0n) is 11.0. The standard InChI is InChI=1S/C10H17N3O4S2.ClH/c1-8(7-11)13-19(16,17)10-5-3-9(4-6-10)18(14,15)12-2;/h3-6,8,12-13H,7,11H2,1-2H3;1H/t8-;/m1./s1. The van der Waals surface area contributed by atoms with E-state index in [-0.39, 0.29) is 28.7 Å². The van der Waals surface area contributed by atoms with Crippen LogP contribution in [0, 0.1) is 0 Å². The number of nitrogens with two attached hydrogens (primary N) is 1. The molecule has 0 heterocycles. The summed E-state index contributed by atoms with van der Waals surface area (Å²) in [7, 11) is -5.98. The Bertz CT molecular complexity index is 629. The third-order valence-electron chi connectivity index (χ3n) is 2.42. The monoisotopic (exact) mass is 343 g/mol. The molecular weight excluding hydrogens is 326 g/mol. The summed E-state index contributed by atoms with van der Waals surface area (Å²) < 4.78 is 51.3. The molecule has 0 aliphatic carbocycles. The van der Waals surface area contributed by atoms with E-state index in [1.807, 2.05) is 0 Å². The highest BCUT2D eigenvalue weighted by molar-refractivity contribution is 7.90. The molecule has 0 bridgehead atoms. The number of hydrogen-bond acceptors (Lipinski definition) is 5. The number of halogens is 1. The average Bonchev–Trinajstić information content (AvgIpc) is 2.38. The van der Waals surface area contributed by atoms with Gasteiger partial charge in [-0.05, 0) is 38.2 Å². The van der Waals surface area contributed by atoms with Crippen LogP contribution in [0.15, 0.2) is 34.1 Å². The fourth-order valence-corrected chi connectivity index (χ4v) is 3.28. The minimum Gasteiger partial charge on any atom is -0.329 e. The lowest BCUT2D eigenvalue weighted by Crippen LogP contribution is -2.37. The van der Waals surface area contributed by atoms with Gasteiger partial charge >= 0.3 is 0 Å². The largest absolute Gasteiger partial charge is 0.329 e. The molecule has 1 aromatic carbocycles. The molecule has 0 amide bonds. The smallest absolute Gasteiger partial charge is 0.240 e. The summed E-state index contributed by atoms with van der Waals surface area (Å²) in [5, 5.41) is 0. The molecule has 0 aliphatic heterocycles. The van der Waals surface area contributed by atoms with Crippen molar-refractivity contribution in [1.82, 2.24) is 9.44 Å². The van der Waals surface area contributed by atoms with Crippen LogP contribution in [0.25, 0.3) is 0 Å². The second kappa shape index (κ2) is 7.34. The van der Waals surface area contributed by atoms with E-state index in [0.717, 1.165) is 0 Å². The van der Waals surface area contributed by atoms with Crippen molar-refractivity contribution in [2.24, 2.45) is 5.73 Å². The van der Waals surface area contributed by atoms with Gasteiger partial charge in [-0.15, -0.1) is 12.4 Å². The van der Waals surface area contributed by atoms with Crippen molar-refractivity contribution in [2.75, 3.05) is 13.6 Å². The van der Waals surface area contributed by atoms with Crippen LogP contribution < -0.4 is 15.2 Å². The average molecular weight is 344 g/mol. The van der Waals surface area contributed by atoms with Crippen molar-refractivity contribution >= 4 is 32.5 Å². The molecule has 0 aliphatic rings. The first-order chi connectivity index (χ1) is 8.73. The maximum atomic E-state index is 11.9. The Labute approximate surface area is 125 Å². The molecule has 10 heteroatoms. The molecule has 0 fully saturated rings. The van der Waals surface area contributed by atoms with Gasteiger partial charge in [-0.3, -0.25) is 0 Å². The van der Waals surface area contributed by atoms with Crippen LogP contribution in [-0.4, -0.2) is 36.5 Å². The Hall–Kier alpha value is -0.710. The maximum absolute atomic E-state index is 11.9. The molecule has 7 nitrogen and oxygen atoms in total. The SMILES string of the molecule is CNS(=O)(=O)c1ccc(S(=O)(=O)N[C@H](C)CN)cc1.Cl. The second-order valence-electron chi connectivity index (χ2n) is 3.94. The molecule has 0 unspecified atom stereocenters. The van der Waals surface area contributed by atoms with Gasteiger partial charge in [0.1, 0.15) is 0 Å². The number of rotatable bonds is 6. The van der Waals surface area contributed by atoms with Gasteiger partial charge in [-0.2, -0.15) is 0 Å². The normalized spacial score (nSPS) is 13.6. The van der Waals surface area contributed by atoms with Crippen molar-refractivity contribution in [2.45, 2.75) is 22.8 Å². The number of sulfonamides is 2. The number of nitrogens with one attached hydrogen (secondary N) is 2. The van der Waals surface area contributed by atoms with Gasteiger partial charge in [0, 0.05) is 12.6 Å². The summed E-state index contributed by atoms with van der Waals surface area (Å²) in [5.74, 6) is 0. The third-order valence-corrected chi connectivity index (χ3v) is 5.46. The summed E-state index contributed by atoms with van der Waals surface area (Å²) in [6.07, 6.45) is 0. The van der Waals surface area contributed by atoms with Crippen molar-refractivity contribution in [1.29, 1.82) is 0 Å². The van der Waals surface area contributed by atoms with E-state index in [0.29, 0.717) is 0 Å². The van der Waals surface area contributed by atoms with Gasteiger partial charge in [0.25, 0.3) is 0 Å².